The minimum atomic E-state index is -0.481. The van der Waals surface area contributed by atoms with E-state index in [2.05, 4.69) is 0 Å². The topological polar surface area (TPSA) is 46.6 Å². The van der Waals surface area contributed by atoms with Crippen LogP contribution >= 0.6 is 0 Å². The van der Waals surface area contributed by atoms with Crippen LogP contribution in [0, 0.1) is 0 Å². The Hall–Kier alpha value is -3.14. The van der Waals surface area contributed by atoms with E-state index < -0.39 is 5.60 Å². The first kappa shape index (κ1) is 17.0. The highest BCUT2D eigenvalue weighted by Crippen LogP contribution is 2.39. The Balaban J connectivity index is 1.33. The average molecular weight is 371 g/mol. The molecule has 1 fully saturated rings. The summed E-state index contributed by atoms with van der Waals surface area (Å²) in [6, 6.07) is 21.3. The van der Waals surface area contributed by atoms with E-state index in [4.69, 9.17) is 4.74 Å². The van der Waals surface area contributed by atoms with Crippen molar-refractivity contribution in [2.24, 2.45) is 0 Å². The van der Waals surface area contributed by atoms with Gasteiger partial charge in [-0.15, -0.1) is 0 Å². The number of rotatable bonds is 1. The van der Waals surface area contributed by atoms with Gasteiger partial charge in [0.05, 0.1) is 12.0 Å². The molecule has 4 heteroatoms. The molecule has 0 aromatic heterocycles. The summed E-state index contributed by atoms with van der Waals surface area (Å²) < 4.78 is 6.26. The Morgan fingerprint density at radius 3 is 2.43 bits per heavy atom. The summed E-state index contributed by atoms with van der Waals surface area (Å²) in [5.74, 6) is 0.854. The van der Waals surface area contributed by atoms with Gasteiger partial charge >= 0.3 is 0 Å². The van der Waals surface area contributed by atoms with Crippen LogP contribution in [0.15, 0.2) is 66.7 Å². The molecule has 0 unspecified atom stereocenters. The van der Waals surface area contributed by atoms with Crippen molar-refractivity contribution in [1.29, 1.82) is 0 Å². The number of nitrogens with zero attached hydrogens (tertiary/aromatic N) is 1. The maximum atomic E-state index is 13.0. The Bertz CT molecular complexity index is 1080. The predicted molar refractivity (Wildman–Crippen MR) is 108 cm³/mol. The summed E-state index contributed by atoms with van der Waals surface area (Å²) in [6.45, 7) is 1.20. The first-order valence-corrected chi connectivity index (χ1v) is 9.73. The van der Waals surface area contributed by atoms with Gasteiger partial charge < -0.3 is 9.64 Å². The third-order valence-electron chi connectivity index (χ3n) is 5.95. The fourth-order valence-corrected chi connectivity index (χ4v) is 4.34. The minimum absolute atomic E-state index is 0.0446. The Morgan fingerprint density at radius 1 is 0.893 bits per heavy atom. The van der Waals surface area contributed by atoms with Gasteiger partial charge in [-0.2, -0.15) is 0 Å². The number of benzene rings is 3. The molecule has 3 aromatic carbocycles. The van der Waals surface area contributed by atoms with Crippen LogP contribution in [-0.2, 0) is 0 Å². The lowest BCUT2D eigenvalue weighted by atomic mass is 9.82. The predicted octanol–water partition coefficient (Wildman–Crippen LogP) is 4.48. The number of para-hydroxylation sites is 1. The maximum absolute atomic E-state index is 13.0. The van der Waals surface area contributed by atoms with Crippen LogP contribution in [0.3, 0.4) is 0 Å². The van der Waals surface area contributed by atoms with Crippen molar-refractivity contribution in [2.45, 2.75) is 24.9 Å². The van der Waals surface area contributed by atoms with E-state index in [-0.39, 0.29) is 11.7 Å². The van der Waals surface area contributed by atoms with E-state index in [1.54, 1.807) is 0 Å². The van der Waals surface area contributed by atoms with Gasteiger partial charge in [0.15, 0.2) is 5.78 Å². The lowest BCUT2D eigenvalue weighted by Gasteiger charge is -2.44. The zero-order chi connectivity index (χ0) is 19.1. The molecule has 0 aliphatic carbocycles. The molecule has 5 rings (SSSR count). The molecule has 0 bridgehead atoms. The van der Waals surface area contributed by atoms with Gasteiger partial charge in [0.2, 0.25) is 0 Å². The summed E-state index contributed by atoms with van der Waals surface area (Å²) in [5, 5.41) is 2.20. The molecular formula is C24H21NO3. The quantitative estimate of drug-likeness (QED) is 0.634. The molecule has 1 spiro atoms. The normalized spacial score (nSPS) is 18.0. The molecule has 1 saturated heterocycles. The Kier molecular flexibility index (Phi) is 3.93. The summed E-state index contributed by atoms with van der Waals surface area (Å²) in [4.78, 5) is 27.4. The third kappa shape index (κ3) is 2.85. The van der Waals surface area contributed by atoms with Crippen molar-refractivity contribution in [3.05, 3.63) is 77.9 Å². The summed E-state index contributed by atoms with van der Waals surface area (Å²) >= 11 is 0. The lowest BCUT2D eigenvalue weighted by molar-refractivity contribution is -0.00570. The van der Waals surface area contributed by atoms with Gasteiger partial charge in [0.25, 0.3) is 5.91 Å². The average Bonchev–Trinajstić information content (AvgIpc) is 2.73. The lowest BCUT2D eigenvalue weighted by Crippen LogP contribution is -2.52. The molecular weight excluding hydrogens is 350 g/mol. The molecule has 4 nitrogen and oxygen atoms in total. The smallest absolute Gasteiger partial charge is 0.253 e. The number of amides is 1. The van der Waals surface area contributed by atoms with E-state index >= 15 is 0 Å². The first-order valence-electron chi connectivity index (χ1n) is 9.73. The Labute approximate surface area is 163 Å². The third-order valence-corrected chi connectivity index (χ3v) is 5.95. The number of ketones is 1. The van der Waals surface area contributed by atoms with Gasteiger partial charge in [-0.05, 0) is 35.0 Å². The molecule has 0 N–H and O–H groups in total. The first-order chi connectivity index (χ1) is 13.6. The number of likely N-dealkylation sites (tertiary alicyclic amines) is 1. The molecule has 2 aliphatic rings. The van der Waals surface area contributed by atoms with Crippen LogP contribution in [0.25, 0.3) is 10.8 Å². The fourth-order valence-electron chi connectivity index (χ4n) is 4.34. The SMILES string of the molecule is O=C1CC2(CCN(C(=O)c3ccc4ccccc4c3)CC2)Oc2ccccc21. The number of carbonyl (C=O) groups excluding carboxylic acids is 2. The zero-order valence-electron chi connectivity index (χ0n) is 15.6. The van der Waals surface area contributed by atoms with E-state index in [1.807, 2.05) is 71.6 Å². The van der Waals surface area contributed by atoms with Crippen LogP contribution < -0.4 is 4.74 Å². The second-order valence-electron chi connectivity index (χ2n) is 7.74. The highest BCUT2D eigenvalue weighted by molar-refractivity contribution is 6.01. The molecule has 28 heavy (non-hydrogen) atoms. The largest absolute Gasteiger partial charge is 0.486 e. The van der Waals surface area contributed by atoms with Crippen molar-refractivity contribution in [1.82, 2.24) is 4.90 Å². The molecule has 0 atom stereocenters. The summed E-state index contributed by atoms with van der Waals surface area (Å²) in [7, 11) is 0. The second kappa shape index (κ2) is 6.48. The number of piperidine rings is 1. The number of fused-ring (bicyclic) bond motifs is 2. The summed E-state index contributed by atoms with van der Waals surface area (Å²) in [5.41, 5.74) is 0.898. The van der Waals surface area contributed by atoms with Gasteiger partial charge in [-0.25, -0.2) is 0 Å². The zero-order valence-corrected chi connectivity index (χ0v) is 15.6. The maximum Gasteiger partial charge on any atom is 0.253 e. The molecule has 2 aliphatic heterocycles. The van der Waals surface area contributed by atoms with Gasteiger partial charge in [-0.3, -0.25) is 9.59 Å². The number of hydrogen-bond acceptors (Lipinski definition) is 3. The molecule has 0 saturated carbocycles. The van der Waals surface area contributed by atoms with Crippen molar-refractivity contribution in [3.63, 3.8) is 0 Å². The monoisotopic (exact) mass is 371 g/mol. The van der Waals surface area contributed by atoms with Crippen molar-refractivity contribution in [2.75, 3.05) is 13.1 Å². The number of ether oxygens (including phenoxy) is 1. The number of Topliss-reactive ketones (excluding diaryl/α,β-unsaturated/α-hetero) is 1. The fraction of sp³-hybridized carbons (Fsp3) is 0.250. The Morgan fingerprint density at radius 2 is 1.61 bits per heavy atom. The van der Waals surface area contributed by atoms with Crippen molar-refractivity contribution < 1.29 is 14.3 Å². The van der Waals surface area contributed by atoms with Gasteiger partial charge in [0.1, 0.15) is 11.4 Å². The highest BCUT2D eigenvalue weighted by Gasteiger charge is 2.43. The van der Waals surface area contributed by atoms with Crippen LogP contribution in [0.4, 0.5) is 0 Å². The van der Waals surface area contributed by atoms with E-state index in [0.717, 1.165) is 10.8 Å². The van der Waals surface area contributed by atoms with Gasteiger partial charge in [0, 0.05) is 31.5 Å². The second-order valence-corrected chi connectivity index (χ2v) is 7.74. The highest BCUT2D eigenvalue weighted by atomic mass is 16.5. The number of hydrogen-bond donors (Lipinski definition) is 0. The van der Waals surface area contributed by atoms with Gasteiger partial charge in [-0.1, -0.05) is 42.5 Å². The summed E-state index contributed by atoms with van der Waals surface area (Å²) in [6.07, 6.45) is 1.74. The molecule has 3 aromatic rings. The van der Waals surface area contributed by atoms with Crippen molar-refractivity contribution in [3.8, 4) is 5.75 Å². The van der Waals surface area contributed by atoms with Crippen molar-refractivity contribution >= 4 is 22.5 Å². The van der Waals surface area contributed by atoms with E-state index in [1.165, 1.54) is 0 Å². The molecule has 1 amide bonds. The molecule has 140 valence electrons. The molecule has 0 radical (unpaired) electrons. The van der Waals surface area contributed by atoms with Crippen LogP contribution in [0.1, 0.15) is 40.0 Å². The molecule has 2 heterocycles. The van der Waals surface area contributed by atoms with E-state index in [0.29, 0.717) is 49.2 Å². The van der Waals surface area contributed by atoms with Crippen LogP contribution in [-0.4, -0.2) is 35.3 Å². The van der Waals surface area contributed by atoms with Crippen LogP contribution in [0.2, 0.25) is 0 Å². The van der Waals surface area contributed by atoms with Crippen LogP contribution in [0.5, 0.6) is 5.75 Å². The number of carbonyl (C=O) groups is 2. The standard InChI is InChI=1S/C24H21NO3/c26-21-16-24(28-22-8-4-3-7-20(21)22)11-13-25(14-12-24)23(27)19-10-9-17-5-1-2-6-18(17)15-19/h1-10,15H,11-14,16H2. The minimum Gasteiger partial charge on any atom is -0.486 e. The van der Waals surface area contributed by atoms with E-state index in [9.17, 15) is 9.59 Å².